The number of carbonyl (C=O) groups excluding carboxylic acids is 8. The van der Waals surface area contributed by atoms with Gasteiger partial charge in [-0.05, 0) is 216 Å². The van der Waals surface area contributed by atoms with E-state index in [0.29, 0.717) is 92.1 Å². The zero-order valence-electron chi connectivity index (χ0n) is 73.4. The molecule has 0 aromatic rings. The number of hydrogen-bond donors (Lipinski definition) is 0. The van der Waals surface area contributed by atoms with Gasteiger partial charge in [0.1, 0.15) is 29.6 Å². The first-order valence-electron chi connectivity index (χ1n) is 45.2. The number of hydrogen-bond acceptors (Lipinski definition) is 16. The maximum absolute atomic E-state index is 11.6. The van der Waals surface area contributed by atoms with E-state index in [0.717, 1.165) is 166 Å². The number of ketones is 3. The van der Waals surface area contributed by atoms with E-state index in [9.17, 15) is 38.4 Å². The van der Waals surface area contributed by atoms with Crippen LogP contribution in [0.2, 0.25) is 0 Å². The van der Waals surface area contributed by atoms with Gasteiger partial charge in [-0.15, -0.1) is 0 Å². The van der Waals surface area contributed by atoms with Gasteiger partial charge in [-0.3, -0.25) is 38.4 Å². The van der Waals surface area contributed by atoms with Gasteiger partial charge in [0.05, 0.1) is 31.7 Å². The summed E-state index contributed by atoms with van der Waals surface area (Å²) in [5.74, 6) is 7.88. The van der Waals surface area contributed by atoms with Crippen LogP contribution in [0.15, 0.2) is 0 Å². The monoisotopic (exact) mass is 1510 g/mol. The van der Waals surface area contributed by atoms with Gasteiger partial charge in [-0.1, -0.05) is 172 Å². The fourth-order valence-corrected chi connectivity index (χ4v) is 15.2. The van der Waals surface area contributed by atoms with E-state index in [1.54, 1.807) is 0 Å². The van der Waals surface area contributed by atoms with Crippen molar-refractivity contribution in [1.82, 2.24) is 0 Å². The van der Waals surface area contributed by atoms with Crippen molar-refractivity contribution in [1.29, 1.82) is 0 Å². The highest BCUT2D eigenvalue weighted by Gasteiger charge is 2.56. The van der Waals surface area contributed by atoms with Crippen LogP contribution >= 0.6 is 0 Å². The van der Waals surface area contributed by atoms with E-state index in [2.05, 4.69) is 9.47 Å². The zero-order valence-corrected chi connectivity index (χ0v) is 73.4. The van der Waals surface area contributed by atoms with Crippen LogP contribution in [0.25, 0.3) is 0 Å². The lowest BCUT2D eigenvalue weighted by Crippen LogP contribution is -2.45. The molecule has 8 atom stereocenters. The lowest BCUT2D eigenvalue weighted by atomic mass is 9.56. The second kappa shape index (κ2) is 80.7. The molecule has 0 amide bonds. The van der Waals surface area contributed by atoms with Crippen LogP contribution in [0.1, 0.15) is 403 Å². The average molecular weight is 1510 g/mol. The van der Waals surface area contributed by atoms with Gasteiger partial charge in [0.2, 0.25) is 0 Å². The Bertz CT molecular complexity index is 1890. The second-order valence-electron chi connectivity index (χ2n) is 26.6. The molecule has 106 heavy (non-hydrogen) atoms. The van der Waals surface area contributed by atoms with Crippen molar-refractivity contribution in [3.63, 3.8) is 0 Å². The Labute approximate surface area is 653 Å². The molecule has 630 valence electrons. The maximum atomic E-state index is 11.6. The minimum absolute atomic E-state index is 0.0255. The van der Waals surface area contributed by atoms with Crippen molar-refractivity contribution in [2.75, 3.05) is 59.5 Å². The number of rotatable bonds is 0. The highest BCUT2D eigenvalue weighted by Crippen LogP contribution is 2.54. The molecular weight excluding hydrogens is 1340 g/mol. The predicted octanol–water partition coefficient (Wildman–Crippen LogP) is 24.0. The third kappa shape index (κ3) is 52.4. The van der Waals surface area contributed by atoms with Gasteiger partial charge < -0.3 is 37.9 Å². The maximum Gasteiger partial charge on any atom is 0.309 e. The van der Waals surface area contributed by atoms with E-state index < -0.39 is 0 Å². The molecule has 18 fully saturated rings. The van der Waals surface area contributed by atoms with Gasteiger partial charge in [-0.25, -0.2) is 0 Å². The van der Waals surface area contributed by atoms with Crippen LogP contribution in [0, 0.1) is 59.2 Å². The Morgan fingerprint density at radius 3 is 0.953 bits per heavy atom. The van der Waals surface area contributed by atoms with Crippen LogP contribution in [-0.4, -0.2) is 119 Å². The van der Waals surface area contributed by atoms with Crippen molar-refractivity contribution in [3.05, 3.63) is 0 Å². The summed E-state index contributed by atoms with van der Waals surface area (Å²) in [4.78, 5) is 85.5. The summed E-state index contributed by atoms with van der Waals surface area (Å²) in [6.45, 7) is 51.9. The van der Waals surface area contributed by atoms with E-state index >= 15 is 0 Å². The lowest BCUT2D eigenvalue weighted by molar-refractivity contribution is -0.147. The van der Waals surface area contributed by atoms with Crippen LogP contribution in [-0.2, 0) is 76.3 Å². The predicted molar refractivity (Wildman–Crippen MR) is 440 cm³/mol. The van der Waals surface area contributed by atoms with Gasteiger partial charge >= 0.3 is 29.8 Å². The summed E-state index contributed by atoms with van der Waals surface area (Å²) in [6, 6.07) is 0. The molecule has 0 radical (unpaired) electrons. The van der Waals surface area contributed by atoms with Crippen LogP contribution in [0.3, 0.4) is 0 Å². The van der Waals surface area contributed by atoms with Crippen molar-refractivity contribution >= 4 is 47.2 Å². The van der Waals surface area contributed by atoms with Crippen molar-refractivity contribution in [2.45, 2.75) is 415 Å². The number of cyclic esters (lactones) is 3. The normalized spacial score (nSPS) is 28.0. The molecule has 8 unspecified atom stereocenters. The van der Waals surface area contributed by atoms with Crippen molar-refractivity contribution in [2.24, 2.45) is 59.2 Å². The summed E-state index contributed by atoms with van der Waals surface area (Å²) in [5.41, 5.74) is 0. The molecule has 0 spiro atoms. The summed E-state index contributed by atoms with van der Waals surface area (Å²) in [6.07, 6.45) is 44.7. The van der Waals surface area contributed by atoms with Gasteiger partial charge in [0, 0.05) is 102 Å². The molecule has 18 aliphatic rings. The number of ether oxygens (including phenoxy) is 8. The summed E-state index contributed by atoms with van der Waals surface area (Å²) < 4.78 is 39.4. The minimum atomic E-state index is -0.0463. The average Bonchev–Trinajstić information content (AvgIpc) is 1.64. The molecule has 16 heteroatoms. The molecular formula is C90H174O16. The SMILES string of the molecule is C1CCCOCC1.C1CCOC1.C1CCOCC1.CC.CC.CC.CC.CC.CC.CC.CC.CC.CC.CC.O=C1C2CC3CC(C2)CC1C3.O=C1CC2CCC1C2.O=C1CCCCC1.O=C1CCCCCO1.O=C1CCCCO1.O=C1CCCO1.O=C1OC2CC3CC1C2C3.O=C1OC2CCCC1C2. The number of carbonyl (C=O) groups is 8. The number of fused-ring (bicyclic) bond motifs is 5. The molecule has 8 heterocycles. The second-order valence-corrected chi connectivity index (χ2v) is 26.6. The Morgan fingerprint density at radius 1 is 0.264 bits per heavy atom. The third-order valence-corrected chi connectivity index (χ3v) is 19.8. The first kappa shape index (κ1) is 111. The fraction of sp³-hybridized carbons (Fsp3) is 0.911. The smallest absolute Gasteiger partial charge is 0.309 e. The van der Waals surface area contributed by atoms with E-state index in [1.807, 2.05) is 152 Å². The Morgan fingerprint density at radius 2 is 0.632 bits per heavy atom. The highest BCUT2D eigenvalue weighted by molar-refractivity contribution is 5.85. The summed E-state index contributed by atoms with van der Waals surface area (Å²) in [5, 5.41) is 0. The van der Waals surface area contributed by atoms with E-state index in [-0.39, 0.29) is 41.9 Å². The van der Waals surface area contributed by atoms with Gasteiger partial charge in [0.25, 0.3) is 0 Å². The summed E-state index contributed by atoms with van der Waals surface area (Å²) in [7, 11) is 0. The Balaban J connectivity index is -0.000000345. The van der Waals surface area contributed by atoms with Crippen LogP contribution in [0.5, 0.6) is 0 Å². The largest absolute Gasteiger partial charge is 0.466 e. The molecule has 0 aromatic heterocycles. The molecule has 0 N–H and O–H groups in total. The lowest BCUT2D eigenvalue weighted by Gasteiger charge is -2.48. The van der Waals surface area contributed by atoms with Gasteiger partial charge in [-0.2, -0.15) is 0 Å². The van der Waals surface area contributed by atoms with Crippen LogP contribution < -0.4 is 0 Å². The van der Waals surface area contributed by atoms with E-state index in [4.69, 9.17) is 28.4 Å². The molecule has 18 rings (SSSR count). The van der Waals surface area contributed by atoms with Crippen LogP contribution in [0.4, 0.5) is 0 Å². The topological polar surface area (TPSA) is 210 Å². The first-order chi connectivity index (χ1) is 52.0. The standard InChI is InChI=1S/C10H14O.C8H10O2.C7H10O2.C7H10O.C6H10O2.C6H12O.C6H10O.C5H8O2.C5H10O.C4H6O2.C4H8O.11C2H6/c11-10-8-2-6-1-7(4-8)5-9(10)3-6;9-8-6-2-4-1-5(6)7(3-4)10-8;8-7-5-2-1-3-6(4-5)9-7;8-7-4-5-1-2-6(7)3-5;7-6-4-2-1-3-5-8-6;1-2-4-6-7-5-3-1;7-6-4-2-1-3-5-6;6-5-3-1-2-4-7-5;1-2-4-6-5-3-1;5-4-2-1-3-6-4;1-2-4-5-3-1;11*1-2/h6-9H,1-5H2;4-7H,1-3H2;5-6H,1-4H2;5-6H,1-4H2;1-5H2;1-6H2;1-5H2;1-4H2;1-5H2;1-3H2;1-4H2;11*1-2H3. The molecule has 16 nitrogen and oxygen atoms in total. The highest BCUT2D eigenvalue weighted by atomic mass is 16.6. The molecule has 0 aromatic carbocycles. The van der Waals surface area contributed by atoms with Crippen molar-refractivity contribution < 1.29 is 76.3 Å². The van der Waals surface area contributed by atoms with Crippen molar-refractivity contribution in [3.8, 4) is 0 Å². The van der Waals surface area contributed by atoms with E-state index in [1.165, 1.54) is 128 Å². The Kier molecular flexibility index (Phi) is 84.4. The Hall–Kier alpha value is -3.76. The number of Topliss-reactive ketones (excluding diaryl/α,β-unsaturated/α-hetero) is 3. The van der Waals surface area contributed by atoms with Gasteiger partial charge in [0.15, 0.2) is 0 Å². The third-order valence-electron chi connectivity index (χ3n) is 19.8. The molecule has 10 aliphatic carbocycles. The zero-order chi connectivity index (χ0) is 81.1. The molecule has 10 saturated carbocycles. The quantitative estimate of drug-likeness (QED) is 0.163. The molecule has 8 saturated heterocycles. The number of esters is 5. The molecule has 8 aliphatic heterocycles. The molecule has 10 bridgehead atoms. The fourth-order valence-electron chi connectivity index (χ4n) is 15.2. The minimum Gasteiger partial charge on any atom is -0.466 e. The first-order valence-corrected chi connectivity index (χ1v) is 45.2. The summed E-state index contributed by atoms with van der Waals surface area (Å²) >= 11 is 0.